The van der Waals surface area contributed by atoms with Crippen LogP contribution in [0.15, 0.2) is 29.6 Å². The lowest BCUT2D eigenvalue weighted by Gasteiger charge is -2.21. The number of carbonyl (C=O) groups excluding carboxylic acids is 1. The number of carbonyl (C=O) groups is 1. The van der Waals surface area contributed by atoms with Crippen molar-refractivity contribution < 1.29 is 14.6 Å². The summed E-state index contributed by atoms with van der Waals surface area (Å²) in [5, 5.41) is 12.8. The molecule has 2 aromatic rings. The Labute approximate surface area is 115 Å². The van der Waals surface area contributed by atoms with Crippen LogP contribution < -0.4 is 0 Å². The summed E-state index contributed by atoms with van der Waals surface area (Å²) in [6, 6.07) is 7.74. The molecule has 0 radical (unpaired) electrons. The maximum atomic E-state index is 12.4. The number of amides is 1. The minimum Gasteiger partial charge on any atom is -0.389 e. The molecule has 0 spiro atoms. The summed E-state index contributed by atoms with van der Waals surface area (Å²) in [4.78, 5) is 14.1. The van der Waals surface area contributed by atoms with Crippen LogP contribution in [0.4, 0.5) is 0 Å². The van der Waals surface area contributed by atoms with E-state index in [-0.39, 0.29) is 5.91 Å². The van der Waals surface area contributed by atoms with Gasteiger partial charge in [-0.05, 0) is 35.0 Å². The zero-order chi connectivity index (χ0) is 13.2. The van der Waals surface area contributed by atoms with Crippen LogP contribution in [-0.2, 0) is 4.74 Å². The molecule has 0 unspecified atom stereocenters. The number of thiophene rings is 1. The van der Waals surface area contributed by atoms with Crippen LogP contribution in [0.2, 0.25) is 0 Å². The van der Waals surface area contributed by atoms with E-state index in [0.717, 1.165) is 5.39 Å². The van der Waals surface area contributed by atoms with E-state index in [2.05, 4.69) is 0 Å². The molecular formula is C14H15NO3S. The van der Waals surface area contributed by atoms with Crippen LogP contribution >= 0.6 is 11.3 Å². The highest BCUT2D eigenvalue weighted by Crippen LogP contribution is 2.22. The van der Waals surface area contributed by atoms with Gasteiger partial charge >= 0.3 is 0 Å². The molecule has 0 saturated carbocycles. The highest BCUT2D eigenvalue weighted by Gasteiger charge is 2.22. The number of hydrogen-bond acceptors (Lipinski definition) is 4. The van der Waals surface area contributed by atoms with Crippen LogP contribution in [0.5, 0.6) is 0 Å². The van der Waals surface area contributed by atoms with Gasteiger partial charge in [0.25, 0.3) is 5.91 Å². The van der Waals surface area contributed by atoms with Crippen molar-refractivity contribution in [2.24, 2.45) is 0 Å². The molecule has 1 aromatic carbocycles. The largest absolute Gasteiger partial charge is 0.389 e. The number of hydrogen-bond donors (Lipinski definition) is 1. The fourth-order valence-corrected chi connectivity index (χ4v) is 3.03. The van der Waals surface area contributed by atoms with Crippen molar-refractivity contribution in [3.63, 3.8) is 0 Å². The number of β-amino-alcohol motifs (C(OH)–C–C–N with tert-alkyl or cyclic N) is 1. The van der Waals surface area contributed by atoms with Gasteiger partial charge in [-0.1, -0.05) is 0 Å². The Morgan fingerprint density at radius 2 is 2.32 bits per heavy atom. The second kappa shape index (κ2) is 5.28. The Kier molecular flexibility index (Phi) is 3.50. The van der Waals surface area contributed by atoms with E-state index >= 15 is 0 Å². The molecule has 1 atom stereocenters. The van der Waals surface area contributed by atoms with Crippen molar-refractivity contribution >= 4 is 27.3 Å². The van der Waals surface area contributed by atoms with E-state index in [0.29, 0.717) is 31.9 Å². The first-order valence-corrected chi connectivity index (χ1v) is 7.14. The average Bonchev–Trinajstić information content (AvgIpc) is 2.78. The molecule has 19 heavy (non-hydrogen) atoms. The summed E-state index contributed by atoms with van der Waals surface area (Å²) in [5.41, 5.74) is 0.667. The number of ether oxygens (including phenoxy) is 1. The van der Waals surface area contributed by atoms with E-state index in [4.69, 9.17) is 4.74 Å². The first kappa shape index (κ1) is 12.6. The second-order valence-electron chi connectivity index (χ2n) is 4.65. The molecule has 0 bridgehead atoms. The minimum atomic E-state index is -0.601. The maximum absolute atomic E-state index is 12.4. The Bertz CT molecular complexity index is 595. The third-order valence-electron chi connectivity index (χ3n) is 3.23. The third-order valence-corrected chi connectivity index (χ3v) is 4.13. The molecule has 4 nitrogen and oxygen atoms in total. The third kappa shape index (κ3) is 2.63. The van der Waals surface area contributed by atoms with Crippen molar-refractivity contribution in [2.75, 3.05) is 26.3 Å². The number of nitrogens with zero attached hydrogens (tertiary/aromatic N) is 1. The quantitative estimate of drug-likeness (QED) is 0.863. The molecule has 1 aliphatic heterocycles. The molecule has 5 heteroatoms. The summed E-state index contributed by atoms with van der Waals surface area (Å²) >= 11 is 1.66. The predicted octanol–water partition coefficient (Wildman–Crippen LogP) is 1.73. The molecule has 1 aliphatic rings. The van der Waals surface area contributed by atoms with Gasteiger partial charge in [-0.2, -0.15) is 0 Å². The minimum absolute atomic E-state index is 0.0438. The van der Waals surface area contributed by atoms with Gasteiger partial charge in [0.15, 0.2) is 0 Å². The molecular weight excluding hydrogens is 262 g/mol. The van der Waals surface area contributed by atoms with Gasteiger partial charge in [0.05, 0.1) is 19.3 Å². The highest BCUT2D eigenvalue weighted by molar-refractivity contribution is 7.17. The topological polar surface area (TPSA) is 49.8 Å². The maximum Gasteiger partial charge on any atom is 0.254 e. The molecule has 2 heterocycles. The Morgan fingerprint density at radius 1 is 1.42 bits per heavy atom. The highest BCUT2D eigenvalue weighted by atomic mass is 32.1. The molecule has 1 aromatic heterocycles. The van der Waals surface area contributed by atoms with Gasteiger partial charge in [0, 0.05) is 23.4 Å². The number of benzene rings is 1. The number of rotatable bonds is 1. The summed E-state index contributed by atoms with van der Waals surface area (Å²) in [6.45, 7) is 1.63. The summed E-state index contributed by atoms with van der Waals surface area (Å²) in [5.74, 6) is -0.0438. The van der Waals surface area contributed by atoms with Gasteiger partial charge in [0.1, 0.15) is 0 Å². The summed E-state index contributed by atoms with van der Waals surface area (Å²) in [6.07, 6.45) is -0.601. The fraction of sp³-hybridized carbons (Fsp3) is 0.357. The first-order chi connectivity index (χ1) is 9.24. The van der Waals surface area contributed by atoms with Crippen molar-refractivity contribution in [1.29, 1.82) is 0 Å². The van der Waals surface area contributed by atoms with E-state index in [1.54, 1.807) is 16.2 Å². The smallest absolute Gasteiger partial charge is 0.254 e. The van der Waals surface area contributed by atoms with E-state index in [1.165, 1.54) is 4.70 Å². The van der Waals surface area contributed by atoms with Crippen molar-refractivity contribution in [3.05, 3.63) is 35.2 Å². The van der Waals surface area contributed by atoms with Crippen LogP contribution in [0.25, 0.3) is 10.1 Å². The normalized spacial score (nSPS) is 20.5. The molecule has 1 N–H and O–H groups in total. The SMILES string of the molecule is O=C(c1ccc2sccc2c1)N1CCOC[C@H](O)C1. The van der Waals surface area contributed by atoms with Crippen molar-refractivity contribution in [3.8, 4) is 0 Å². The summed E-state index contributed by atoms with van der Waals surface area (Å²) < 4.78 is 6.42. The first-order valence-electron chi connectivity index (χ1n) is 6.26. The molecule has 100 valence electrons. The van der Waals surface area contributed by atoms with Crippen molar-refractivity contribution in [1.82, 2.24) is 4.90 Å². The zero-order valence-corrected chi connectivity index (χ0v) is 11.2. The molecule has 0 aliphatic carbocycles. The summed E-state index contributed by atoms with van der Waals surface area (Å²) in [7, 11) is 0. The Morgan fingerprint density at radius 3 is 3.21 bits per heavy atom. The number of aliphatic hydroxyl groups excluding tert-OH is 1. The van der Waals surface area contributed by atoms with Crippen LogP contribution in [0.1, 0.15) is 10.4 Å². The molecule has 1 fully saturated rings. The van der Waals surface area contributed by atoms with Crippen LogP contribution in [0, 0.1) is 0 Å². The fourth-order valence-electron chi connectivity index (χ4n) is 2.26. The molecule has 1 amide bonds. The van der Waals surface area contributed by atoms with Gasteiger partial charge in [-0.25, -0.2) is 0 Å². The van der Waals surface area contributed by atoms with E-state index in [1.807, 2.05) is 29.6 Å². The lowest BCUT2D eigenvalue weighted by Crippen LogP contribution is -2.37. The second-order valence-corrected chi connectivity index (χ2v) is 5.60. The molecule has 1 saturated heterocycles. The van der Waals surface area contributed by atoms with Crippen LogP contribution in [-0.4, -0.2) is 48.3 Å². The monoisotopic (exact) mass is 277 g/mol. The number of aliphatic hydroxyl groups is 1. The number of fused-ring (bicyclic) bond motifs is 1. The van der Waals surface area contributed by atoms with Crippen molar-refractivity contribution in [2.45, 2.75) is 6.10 Å². The van der Waals surface area contributed by atoms with Crippen LogP contribution in [0.3, 0.4) is 0 Å². The Hall–Kier alpha value is -1.43. The lowest BCUT2D eigenvalue weighted by molar-refractivity contribution is 0.0534. The lowest BCUT2D eigenvalue weighted by atomic mass is 10.1. The van der Waals surface area contributed by atoms with Gasteiger partial charge < -0.3 is 14.7 Å². The molecule has 3 rings (SSSR count). The zero-order valence-electron chi connectivity index (χ0n) is 10.4. The standard InChI is InChI=1S/C14H15NO3S/c16-12-8-15(4-5-18-9-12)14(17)11-1-2-13-10(7-11)3-6-19-13/h1-3,6-7,12,16H,4-5,8-9H2/t12-/m1/s1. The average molecular weight is 277 g/mol. The predicted molar refractivity (Wildman–Crippen MR) is 74.6 cm³/mol. The van der Waals surface area contributed by atoms with Gasteiger partial charge in [0.2, 0.25) is 0 Å². The van der Waals surface area contributed by atoms with Gasteiger partial charge in [-0.3, -0.25) is 4.79 Å². The van der Waals surface area contributed by atoms with E-state index < -0.39 is 6.10 Å². The van der Waals surface area contributed by atoms with E-state index in [9.17, 15) is 9.90 Å². The Balaban J connectivity index is 1.85. The van der Waals surface area contributed by atoms with Gasteiger partial charge in [-0.15, -0.1) is 11.3 Å².